The fourth-order valence-electron chi connectivity index (χ4n) is 2.99. The zero-order valence-corrected chi connectivity index (χ0v) is 15.1. The van der Waals surface area contributed by atoms with Crippen molar-refractivity contribution >= 4 is 16.9 Å². The first-order valence-corrected chi connectivity index (χ1v) is 8.20. The maximum atomic E-state index is 12.3. The van der Waals surface area contributed by atoms with Crippen LogP contribution in [0.2, 0.25) is 0 Å². The molecule has 4 heteroatoms. The number of amides is 1. The molecule has 2 rings (SSSR count). The van der Waals surface area contributed by atoms with Crippen molar-refractivity contribution in [1.29, 1.82) is 0 Å². The number of fused-ring (bicyclic) bond motifs is 1. The molecule has 1 N–H and O–H groups in total. The van der Waals surface area contributed by atoms with Gasteiger partial charge in [0.2, 0.25) is 5.91 Å². The lowest BCUT2D eigenvalue weighted by atomic mass is 10.0. The summed E-state index contributed by atoms with van der Waals surface area (Å²) in [4.78, 5) is 14.4. The van der Waals surface area contributed by atoms with Crippen molar-refractivity contribution in [3.05, 3.63) is 35.1 Å². The average molecular weight is 316 g/mol. The molecule has 0 radical (unpaired) electrons. The Kier molecular flexibility index (Phi) is 5.47. The first-order valence-electron chi connectivity index (χ1n) is 8.20. The van der Waals surface area contributed by atoms with Gasteiger partial charge in [0.1, 0.15) is 5.58 Å². The smallest absolute Gasteiger partial charge is 0.224 e. The highest BCUT2D eigenvalue weighted by Crippen LogP contribution is 2.26. The molecular weight excluding hydrogens is 288 g/mol. The van der Waals surface area contributed by atoms with Gasteiger partial charge in [-0.15, -0.1) is 0 Å². The summed E-state index contributed by atoms with van der Waals surface area (Å²) in [6.07, 6.45) is 2.07. The van der Waals surface area contributed by atoms with Crippen LogP contribution >= 0.6 is 0 Å². The Bertz CT molecular complexity index is 678. The van der Waals surface area contributed by atoms with E-state index < -0.39 is 0 Å². The third-order valence-corrected chi connectivity index (χ3v) is 4.63. The van der Waals surface area contributed by atoms with Crippen LogP contribution in [0, 0.1) is 19.8 Å². The molecule has 0 spiro atoms. The standard InChI is InChI=1S/C19H28N2O2/c1-12(2)17(21(5)6)10-20-18(22)9-15-11-23-19-14(4)13(3)7-8-16(15)19/h7-8,11-12,17H,9-10H2,1-6H3,(H,20,22)/t17-/m1/s1. The summed E-state index contributed by atoms with van der Waals surface area (Å²) in [5, 5.41) is 4.09. The summed E-state index contributed by atoms with van der Waals surface area (Å²) in [7, 11) is 4.09. The molecule has 0 saturated heterocycles. The summed E-state index contributed by atoms with van der Waals surface area (Å²) in [5.74, 6) is 0.532. The Hall–Kier alpha value is -1.81. The largest absolute Gasteiger partial charge is 0.464 e. The second-order valence-corrected chi connectivity index (χ2v) is 6.90. The van der Waals surface area contributed by atoms with Crippen molar-refractivity contribution in [1.82, 2.24) is 10.2 Å². The van der Waals surface area contributed by atoms with E-state index in [4.69, 9.17) is 4.42 Å². The Morgan fingerprint density at radius 1 is 1.26 bits per heavy atom. The number of rotatable bonds is 6. The predicted molar refractivity (Wildman–Crippen MR) is 94.7 cm³/mol. The maximum Gasteiger partial charge on any atom is 0.224 e. The van der Waals surface area contributed by atoms with Crippen molar-refractivity contribution in [2.45, 2.75) is 40.2 Å². The lowest BCUT2D eigenvalue weighted by molar-refractivity contribution is -0.120. The Morgan fingerprint density at radius 2 is 1.96 bits per heavy atom. The zero-order valence-electron chi connectivity index (χ0n) is 15.1. The summed E-state index contributed by atoms with van der Waals surface area (Å²) >= 11 is 0. The molecule has 1 amide bonds. The highest BCUT2D eigenvalue weighted by Gasteiger charge is 2.18. The summed E-state index contributed by atoms with van der Waals surface area (Å²) in [6.45, 7) is 9.13. The first-order chi connectivity index (χ1) is 10.8. The molecule has 0 bridgehead atoms. The van der Waals surface area contributed by atoms with Crippen LogP contribution in [0.1, 0.15) is 30.5 Å². The fraction of sp³-hybridized carbons (Fsp3) is 0.526. The van der Waals surface area contributed by atoms with Gasteiger partial charge in [-0.3, -0.25) is 4.79 Å². The molecule has 2 aromatic rings. The van der Waals surface area contributed by atoms with Gasteiger partial charge in [0, 0.05) is 23.5 Å². The van der Waals surface area contributed by atoms with E-state index in [-0.39, 0.29) is 5.91 Å². The molecule has 0 aliphatic carbocycles. The maximum absolute atomic E-state index is 12.3. The number of furan rings is 1. The predicted octanol–water partition coefficient (Wildman–Crippen LogP) is 3.29. The van der Waals surface area contributed by atoms with E-state index in [1.54, 1.807) is 6.26 Å². The number of nitrogens with zero attached hydrogens (tertiary/aromatic N) is 1. The van der Waals surface area contributed by atoms with Gasteiger partial charge in [-0.25, -0.2) is 0 Å². The Labute approximate surface area is 138 Å². The average Bonchev–Trinajstić information content (AvgIpc) is 2.86. The van der Waals surface area contributed by atoms with Gasteiger partial charge < -0.3 is 14.6 Å². The minimum Gasteiger partial charge on any atom is -0.464 e. The van der Waals surface area contributed by atoms with E-state index in [1.165, 1.54) is 5.56 Å². The summed E-state index contributed by atoms with van der Waals surface area (Å²) < 4.78 is 5.68. The lowest BCUT2D eigenvalue weighted by Crippen LogP contribution is -2.43. The van der Waals surface area contributed by atoms with E-state index in [0.717, 1.165) is 22.1 Å². The van der Waals surface area contributed by atoms with Crippen LogP contribution in [0.4, 0.5) is 0 Å². The van der Waals surface area contributed by atoms with Gasteiger partial charge in [-0.1, -0.05) is 26.0 Å². The van der Waals surface area contributed by atoms with E-state index in [0.29, 0.717) is 24.9 Å². The first kappa shape index (κ1) is 17.5. The monoisotopic (exact) mass is 316 g/mol. The number of aryl methyl sites for hydroxylation is 2. The van der Waals surface area contributed by atoms with Gasteiger partial charge in [0.05, 0.1) is 12.7 Å². The third kappa shape index (κ3) is 3.94. The topological polar surface area (TPSA) is 45.5 Å². The van der Waals surface area contributed by atoms with Gasteiger partial charge in [-0.05, 0) is 45.0 Å². The molecule has 23 heavy (non-hydrogen) atoms. The number of nitrogens with one attached hydrogen (secondary N) is 1. The molecule has 0 unspecified atom stereocenters. The third-order valence-electron chi connectivity index (χ3n) is 4.63. The molecule has 126 valence electrons. The van der Waals surface area contributed by atoms with Crippen LogP contribution in [0.25, 0.3) is 11.0 Å². The lowest BCUT2D eigenvalue weighted by Gasteiger charge is -2.28. The molecular formula is C19H28N2O2. The highest BCUT2D eigenvalue weighted by molar-refractivity contribution is 5.89. The van der Waals surface area contributed by atoms with Gasteiger partial charge in [-0.2, -0.15) is 0 Å². The van der Waals surface area contributed by atoms with Gasteiger partial charge in [0.25, 0.3) is 0 Å². The van der Waals surface area contributed by atoms with Crippen molar-refractivity contribution in [3.63, 3.8) is 0 Å². The van der Waals surface area contributed by atoms with Crippen LogP contribution in [-0.4, -0.2) is 37.5 Å². The van der Waals surface area contributed by atoms with Crippen LogP contribution in [0.5, 0.6) is 0 Å². The second-order valence-electron chi connectivity index (χ2n) is 6.90. The Balaban J connectivity index is 2.05. The highest BCUT2D eigenvalue weighted by atomic mass is 16.3. The SMILES string of the molecule is Cc1ccc2c(CC(=O)NC[C@H](C(C)C)N(C)C)coc2c1C. The molecule has 1 atom stereocenters. The van der Waals surface area contributed by atoms with E-state index in [2.05, 4.69) is 44.0 Å². The quantitative estimate of drug-likeness (QED) is 0.889. The van der Waals surface area contributed by atoms with Crippen molar-refractivity contribution in [3.8, 4) is 0 Å². The van der Waals surface area contributed by atoms with Crippen LogP contribution in [-0.2, 0) is 11.2 Å². The number of carbonyl (C=O) groups excluding carboxylic acids is 1. The normalized spacial score (nSPS) is 13.0. The summed E-state index contributed by atoms with van der Waals surface area (Å²) in [5.41, 5.74) is 4.18. The number of likely N-dealkylation sites (N-methyl/N-ethyl adjacent to an activating group) is 1. The number of hydrogen-bond donors (Lipinski definition) is 1. The van der Waals surface area contributed by atoms with E-state index in [9.17, 15) is 4.79 Å². The molecule has 1 heterocycles. The van der Waals surface area contributed by atoms with Crippen molar-refractivity contribution < 1.29 is 9.21 Å². The molecule has 1 aromatic heterocycles. The number of benzene rings is 1. The number of carbonyl (C=O) groups is 1. The summed E-state index contributed by atoms with van der Waals surface area (Å²) in [6, 6.07) is 4.46. The van der Waals surface area contributed by atoms with Gasteiger partial charge >= 0.3 is 0 Å². The van der Waals surface area contributed by atoms with Crippen molar-refractivity contribution in [2.75, 3.05) is 20.6 Å². The van der Waals surface area contributed by atoms with Crippen LogP contribution < -0.4 is 5.32 Å². The van der Waals surface area contributed by atoms with Crippen molar-refractivity contribution in [2.24, 2.45) is 5.92 Å². The molecule has 1 aromatic carbocycles. The second kappa shape index (κ2) is 7.18. The Morgan fingerprint density at radius 3 is 2.57 bits per heavy atom. The molecule has 0 aliphatic heterocycles. The zero-order chi connectivity index (χ0) is 17.1. The van der Waals surface area contributed by atoms with E-state index in [1.807, 2.05) is 20.2 Å². The number of hydrogen-bond acceptors (Lipinski definition) is 3. The van der Waals surface area contributed by atoms with Gasteiger partial charge in [0.15, 0.2) is 0 Å². The fourth-order valence-corrected chi connectivity index (χ4v) is 2.99. The molecule has 0 saturated carbocycles. The minimum absolute atomic E-state index is 0.0402. The molecule has 4 nitrogen and oxygen atoms in total. The van der Waals surface area contributed by atoms with Crippen LogP contribution in [0.15, 0.2) is 22.8 Å². The molecule has 0 fully saturated rings. The van der Waals surface area contributed by atoms with Crippen LogP contribution in [0.3, 0.4) is 0 Å². The minimum atomic E-state index is 0.0402. The molecule has 0 aliphatic rings. The van der Waals surface area contributed by atoms with E-state index >= 15 is 0 Å².